The summed E-state index contributed by atoms with van der Waals surface area (Å²) in [7, 11) is -3.94. The van der Waals surface area contributed by atoms with Gasteiger partial charge in [-0.2, -0.15) is 13.4 Å². The van der Waals surface area contributed by atoms with Gasteiger partial charge in [0.05, 0.1) is 11.4 Å². The van der Waals surface area contributed by atoms with E-state index in [-0.39, 0.29) is 17.0 Å². The molecule has 19 heavy (non-hydrogen) atoms. The molecule has 7 nitrogen and oxygen atoms in total. The van der Waals surface area contributed by atoms with Gasteiger partial charge in [-0.25, -0.2) is 8.42 Å². The van der Waals surface area contributed by atoms with E-state index in [1.807, 2.05) is 0 Å². The highest BCUT2D eigenvalue weighted by Gasteiger charge is 2.27. The van der Waals surface area contributed by atoms with Crippen LogP contribution in [0.2, 0.25) is 0 Å². The van der Waals surface area contributed by atoms with Crippen LogP contribution < -0.4 is 4.72 Å². The van der Waals surface area contributed by atoms with E-state index >= 15 is 0 Å². The maximum Gasteiger partial charge on any atom is 0.321 e. The first-order valence-electron chi connectivity index (χ1n) is 5.42. The van der Waals surface area contributed by atoms with Crippen molar-refractivity contribution in [3.8, 4) is 0 Å². The van der Waals surface area contributed by atoms with E-state index in [0.29, 0.717) is 5.69 Å². The SMILES string of the molecule is CC[C@H](NS(=O)(=O)c1cccc2c1N=S=N2)C(=O)O. The minimum absolute atomic E-state index is 0.0570. The number of fused-ring (bicyclic) bond motifs is 1. The Morgan fingerprint density at radius 2 is 2.21 bits per heavy atom. The average molecular weight is 301 g/mol. The Balaban J connectivity index is 2.39. The minimum atomic E-state index is -3.94. The first-order valence-corrected chi connectivity index (χ1v) is 7.63. The second-order valence-electron chi connectivity index (χ2n) is 3.81. The van der Waals surface area contributed by atoms with Gasteiger partial charge in [0.15, 0.2) is 0 Å². The van der Waals surface area contributed by atoms with Crippen molar-refractivity contribution in [2.45, 2.75) is 24.3 Å². The molecule has 1 atom stereocenters. The van der Waals surface area contributed by atoms with Crippen LogP contribution in [-0.4, -0.2) is 25.5 Å². The van der Waals surface area contributed by atoms with E-state index in [1.165, 1.54) is 6.07 Å². The van der Waals surface area contributed by atoms with Crippen LogP contribution in [0.4, 0.5) is 11.4 Å². The molecule has 1 aliphatic heterocycles. The Hall–Kier alpha value is -1.58. The molecule has 0 spiro atoms. The van der Waals surface area contributed by atoms with Crippen LogP contribution in [0, 0.1) is 0 Å². The summed E-state index contributed by atoms with van der Waals surface area (Å²) < 4.78 is 34.4. The molecule has 0 radical (unpaired) electrons. The lowest BCUT2D eigenvalue weighted by molar-refractivity contribution is -0.139. The molecule has 2 N–H and O–H groups in total. The van der Waals surface area contributed by atoms with Crippen molar-refractivity contribution >= 4 is 38.7 Å². The quantitative estimate of drug-likeness (QED) is 0.873. The fraction of sp³-hybridized carbons (Fsp3) is 0.300. The fourth-order valence-electron chi connectivity index (χ4n) is 1.56. The number of rotatable bonds is 5. The third-order valence-corrected chi connectivity index (χ3v) is 4.59. The van der Waals surface area contributed by atoms with Crippen LogP contribution in [-0.2, 0) is 26.2 Å². The van der Waals surface area contributed by atoms with E-state index in [0.717, 1.165) is 11.4 Å². The van der Waals surface area contributed by atoms with Crippen LogP contribution in [0.15, 0.2) is 31.8 Å². The molecule has 0 saturated heterocycles. The van der Waals surface area contributed by atoms with E-state index in [1.54, 1.807) is 19.1 Å². The molecular weight excluding hydrogens is 290 g/mol. The van der Waals surface area contributed by atoms with Crippen molar-refractivity contribution < 1.29 is 18.3 Å². The zero-order valence-corrected chi connectivity index (χ0v) is 11.5. The Kier molecular flexibility index (Phi) is 3.78. The first-order chi connectivity index (χ1) is 8.95. The fourth-order valence-corrected chi connectivity index (χ4v) is 3.60. The summed E-state index contributed by atoms with van der Waals surface area (Å²) in [5.74, 6) is -1.21. The number of nitrogens with zero attached hydrogens (tertiary/aromatic N) is 2. The summed E-state index contributed by atoms with van der Waals surface area (Å²) >= 11 is 0.906. The summed E-state index contributed by atoms with van der Waals surface area (Å²) in [6.07, 6.45) is 0.153. The smallest absolute Gasteiger partial charge is 0.321 e. The van der Waals surface area contributed by atoms with Gasteiger partial charge in [-0.3, -0.25) is 4.79 Å². The number of hydrogen-bond acceptors (Lipinski definition) is 5. The predicted molar refractivity (Wildman–Crippen MR) is 70.0 cm³/mol. The molecule has 0 unspecified atom stereocenters. The molecule has 0 aromatic heterocycles. The molecule has 0 bridgehead atoms. The number of aliphatic carboxylic acids is 1. The van der Waals surface area contributed by atoms with Gasteiger partial charge in [-0.15, -0.1) is 0 Å². The van der Waals surface area contributed by atoms with E-state index in [9.17, 15) is 13.2 Å². The maximum absolute atomic E-state index is 12.2. The molecule has 0 amide bonds. The number of carboxylic acids is 1. The Bertz CT molecular complexity index is 693. The highest BCUT2D eigenvalue weighted by molar-refractivity contribution is 7.89. The van der Waals surface area contributed by atoms with Crippen LogP contribution in [0.3, 0.4) is 0 Å². The highest BCUT2D eigenvalue weighted by atomic mass is 32.2. The van der Waals surface area contributed by atoms with Crippen molar-refractivity contribution in [1.29, 1.82) is 0 Å². The minimum Gasteiger partial charge on any atom is -0.480 e. The normalized spacial score (nSPS) is 14.8. The number of nitrogens with one attached hydrogen (secondary N) is 1. The van der Waals surface area contributed by atoms with Gasteiger partial charge in [-0.05, 0) is 18.6 Å². The molecule has 2 rings (SSSR count). The maximum atomic E-state index is 12.2. The summed E-state index contributed by atoms with van der Waals surface area (Å²) in [6, 6.07) is 3.40. The van der Waals surface area contributed by atoms with Gasteiger partial charge in [0.25, 0.3) is 0 Å². The molecule has 9 heteroatoms. The summed E-state index contributed by atoms with van der Waals surface area (Å²) in [5.41, 5.74) is 0.719. The average Bonchev–Trinajstić information content (AvgIpc) is 2.83. The van der Waals surface area contributed by atoms with Gasteiger partial charge in [0.1, 0.15) is 22.3 Å². The van der Waals surface area contributed by atoms with Crippen LogP contribution in [0.5, 0.6) is 0 Å². The van der Waals surface area contributed by atoms with E-state index in [4.69, 9.17) is 5.11 Å². The molecule has 1 aromatic rings. The number of benzene rings is 1. The molecule has 0 aliphatic carbocycles. The standard InChI is InChI=1S/C10H11N3O4S2/c1-2-6(10(14)15)13-19(16,17)8-5-3-4-7-9(8)12-18-11-7/h3-6,13H,2H2,1H3,(H,14,15)/t6-/m0/s1. The lowest BCUT2D eigenvalue weighted by Crippen LogP contribution is -2.40. The first kappa shape index (κ1) is 13.8. The zero-order chi connectivity index (χ0) is 14.0. The highest BCUT2D eigenvalue weighted by Crippen LogP contribution is 2.37. The topological polar surface area (TPSA) is 108 Å². The van der Waals surface area contributed by atoms with Crippen molar-refractivity contribution in [3.05, 3.63) is 18.2 Å². The second kappa shape index (κ2) is 5.19. The van der Waals surface area contributed by atoms with Crippen molar-refractivity contribution in [2.75, 3.05) is 0 Å². The molecule has 1 aromatic carbocycles. The second-order valence-corrected chi connectivity index (χ2v) is 6.02. The monoisotopic (exact) mass is 301 g/mol. The van der Waals surface area contributed by atoms with E-state index < -0.39 is 22.0 Å². The number of sulfonamides is 1. The van der Waals surface area contributed by atoms with Crippen LogP contribution in [0.1, 0.15) is 13.3 Å². The largest absolute Gasteiger partial charge is 0.480 e. The lowest BCUT2D eigenvalue weighted by atomic mass is 10.2. The van der Waals surface area contributed by atoms with E-state index in [2.05, 4.69) is 13.4 Å². The summed E-state index contributed by atoms with van der Waals surface area (Å²) in [5, 5.41) is 8.90. The van der Waals surface area contributed by atoms with Crippen LogP contribution in [0.25, 0.3) is 0 Å². The molecule has 0 saturated carbocycles. The number of hydrogen-bond donors (Lipinski definition) is 2. The summed E-state index contributed by atoms with van der Waals surface area (Å²) in [6.45, 7) is 1.59. The van der Waals surface area contributed by atoms with Crippen molar-refractivity contribution in [1.82, 2.24) is 4.72 Å². The molecule has 1 aliphatic rings. The third kappa shape index (κ3) is 2.72. The zero-order valence-electron chi connectivity index (χ0n) is 9.90. The van der Waals surface area contributed by atoms with Crippen LogP contribution >= 0.6 is 0 Å². The van der Waals surface area contributed by atoms with Gasteiger partial charge >= 0.3 is 5.97 Å². The Morgan fingerprint density at radius 1 is 1.47 bits per heavy atom. The summed E-state index contributed by atoms with van der Waals surface area (Å²) in [4.78, 5) is 10.8. The molecule has 1 heterocycles. The van der Waals surface area contributed by atoms with Crippen molar-refractivity contribution in [2.24, 2.45) is 8.73 Å². The van der Waals surface area contributed by atoms with Gasteiger partial charge < -0.3 is 5.11 Å². The van der Waals surface area contributed by atoms with Gasteiger partial charge in [-0.1, -0.05) is 13.0 Å². The molecule has 102 valence electrons. The number of carbonyl (C=O) groups is 1. The lowest BCUT2D eigenvalue weighted by Gasteiger charge is -2.13. The molecular formula is C10H11N3O4S2. The third-order valence-electron chi connectivity index (χ3n) is 2.54. The predicted octanol–water partition coefficient (Wildman–Crippen LogP) is 1.55. The van der Waals surface area contributed by atoms with Gasteiger partial charge in [0, 0.05) is 0 Å². The van der Waals surface area contributed by atoms with Crippen molar-refractivity contribution in [3.63, 3.8) is 0 Å². The number of carboxylic acid groups (broad SMARTS) is 1. The van der Waals surface area contributed by atoms with Gasteiger partial charge in [0.2, 0.25) is 10.0 Å². The molecule has 0 fully saturated rings. The Labute approximate surface area is 113 Å². The Morgan fingerprint density at radius 3 is 2.84 bits per heavy atom.